The van der Waals surface area contributed by atoms with Crippen LogP contribution in [0.5, 0.6) is 0 Å². The molecule has 0 spiro atoms. The molecule has 1 aliphatic carbocycles. The van der Waals surface area contributed by atoms with Gasteiger partial charge in [0.2, 0.25) is 5.16 Å². The van der Waals surface area contributed by atoms with E-state index in [-0.39, 0.29) is 5.75 Å². The van der Waals surface area contributed by atoms with Gasteiger partial charge in [-0.15, -0.1) is 10.2 Å². The monoisotopic (exact) mass is 357 g/mol. The van der Waals surface area contributed by atoms with Crippen LogP contribution in [0.4, 0.5) is 0 Å². The molecule has 0 saturated heterocycles. The summed E-state index contributed by atoms with van der Waals surface area (Å²) in [5, 5.41) is 24.3. The van der Waals surface area contributed by atoms with Gasteiger partial charge in [-0.05, 0) is 25.3 Å². The first-order valence-electron chi connectivity index (χ1n) is 8.52. The predicted octanol–water partition coefficient (Wildman–Crippen LogP) is 2.36. The smallest absolute Gasteiger partial charge is 0.212 e. The molecular formula is C18H21N4O2S-. The summed E-state index contributed by atoms with van der Waals surface area (Å²) in [5.41, 5.74) is 2.17. The third kappa shape index (κ3) is 4.69. The number of aromatic nitrogens is 3. The SMILES string of the molecule is Cc1ccc(/C=N\n2c(SCC(=O)[O-])nnc2C2CCCCC2)cc1. The molecule has 1 aromatic heterocycles. The van der Waals surface area contributed by atoms with E-state index in [1.807, 2.05) is 31.2 Å². The summed E-state index contributed by atoms with van der Waals surface area (Å²) >= 11 is 1.09. The molecule has 1 aromatic carbocycles. The Kier molecular flexibility index (Phi) is 5.86. The van der Waals surface area contributed by atoms with Crippen LogP contribution in [0.2, 0.25) is 0 Å². The topological polar surface area (TPSA) is 83.2 Å². The van der Waals surface area contributed by atoms with Crippen LogP contribution in [0.1, 0.15) is 55.0 Å². The lowest BCUT2D eigenvalue weighted by Crippen LogP contribution is -2.24. The van der Waals surface area contributed by atoms with Gasteiger partial charge in [0, 0.05) is 11.7 Å². The van der Waals surface area contributed by atoms with Crippen molar-refractivity contribution < 1.29 is 9.90 Å². The molecule has 1 heterocycles. The largest absolute Gasteiger partial charge is 0.549 e. The van der Waals surface area contributed by atoms with E-state index in [2.05, 4.69) is 15.3 Å². The minimum Gasteiger partial charge on any atom is -0.549 e. The fourth-order valence-corrected chi connectivity index (χ4v) is 3.60. The van der Waals surface area contributed by atoms with Gasteiger partial charge in [0.05, 0.1) is 12.2 Å². The van der Waals surface area contributed by atoms with E-state index in [4.69, 9.17) is 0 Å². The van der Waals surface area contributed by atoms with Crippen molar-refractivity contribution in [2.45, 2.75) is 50.1 Å². The molecule has 2 aromatic rings. The number of aryl methyl sites for hydroxylation is 1. The van der Waals surface area contributed by atoms with Crippen LogP contribution in [0.3, 0.4) is 0 Å². The number of aliphatic carboxylic acids is 1. The van der Waals surface area contributed by atoms with Gasteiger partial charge in [0.15, 0.2) is 5.82 Å². The Bertz CT molecular complexity index is 749. The second kappa shape index (κ2) is 8.29. The number of thioether (sulfide) groups is 1. The first kappa shape index (κ1) is 17.7. The second-order valence-electron chi connectivity index (χ2n) is 6.30. The molecule has 7 heteroatoms. The minimum atomic E-state index is -1.12. The normalized spacial score (nSPS) is 15.7. The number of carbonyl (C=O) groups is 1. The fraction of sp³-hybridized carbons (Fsp3) is 0.444. The van der Waals surface area contributed by atoms with Crippen LogP contribution in [0.15, 0.2) is 34.5 Å². The zero-order valence-corrected chi connectivity index (χ0v) is 15.0. The zero-order chi connectivity index (χ0) is 17.6. The van der Waals surface area contributed by atoms with Crippen LogP contribution in [-0.2, 0) is 4.79 Å². The van der Waals surface area contributed by atoms with Gasteiger partial charge in [0.1, 0.15) is 0 Å². The Morgan fingerprint density at radius 2 is 2.00 bits per heavy atom. The van der Waals surface area contributed by atoms with E-state index >= 15 is 0 Å². The Morgan fingerprint density at radius 1 is 1.28 bits per heavy atom. The van der Waals surface area contributed by atoms with E-state index < -0.39 is 5.97 Å². The first-order chi connectivity index (χ1) is 12.1. The molecule has 1 aliphatic rings. The van der Waals surface area contributed by atoms with Crippen molar-refractivity contribution in [3.05, 3.63) is 41.2 Å². The van der Waals surface area contributed by atoms with Crippen LogP contribution in [-0.4, -0.2) is 32.8 Å². The molecule has 25 heavy (non-hydrogen) atoms. The van der Waals surface area contributed by atoms with Gasteiger partial charge in [-0.2, -0.15) is 9.78 Å². The van der Waals surface area contributed by atoms with Gasteiger partial charge in [-0.25, -0.2) is 0 Å². The lowest BCUT2D eigenvalue weighted by molar-refractivity contribution is -0.301. The summed E-state index contributed by atoms with van der Waals surface area (Å²) in [6, 6.07) is 8.05. The number of carbonyl (C=O) groups excluding carboxylic acids is 1. The molecule has 0 bridgehead atoms. The maximum Gasteiger partial charge on any atom is 0.212 e. The molecule has 6 nitrogen and oxygen atoms in total. The van der Waals surface area contributed by atoms with Gasteiger partial charge in [0.25, 0.3) is 0 Å². The van der Waals surface area contributed by atoms with Crippen molar-refractivity contribution in [1.29, 1.82) is 0 Å². The van der Waals surface area contributed by atoms with E-state index in [0.717, 1.165) is 36.0 Å². The van der Waals surface area contributed by atoms with Crippen molar-refractivity contribution in [2.75, 3.05) is 5.75 Å². The molecule has 0 N–H and O–H groups in total. The first-order valence-corrected chi connectivity index (χ1v) is 9.51. The summed E-state index contributed by atoms with van der Waals surface area (Å²) in [6.45, 7) is 2.04. The van der Waals surface area contributed by atoms with Gasteiger partial charge < -0.3 is 9.90 Å². The van der Waals surface area contributed by atoms with E-state index in [1.54, 1.807) is 10.9 Å². The van der Waals surface area contributed by atoms with Crippen molar-refractivity contribution in [3.63, 3.8) is 0 Å². The van der Waals surface area contributed by atoms with Crippen molar-refractivity contribution in [2.24, 2.45) is 5.10 Å². The van der Waals surface area contributed by atoms with Crippen molar-refractivity contribution in [1.82, 2.24) is 14.9 Å². The highest BCUT2D eigenvalue weighted by molar-refractivity contribution is 7.99. The maximum absolute atomic E-state index is 10.8. The third-order valence-corrected chi connectivity index (χ3v) is 5.22. The average Bonchev–Trinajstić information content (AvgIpc) is 3.03. The molecule has 0 radical (unpaired) electrons. The number of carboxylic acids is 1. The van der Waals surface area contributed by atoms with Crippen molar-refractivity contribution >= 4 is 23.9 Å². The number of hydrogen-bond acceptors (Lipinski definition) is 6. The second-order valence-corrected chi connectivity index (χ2v) is 7.25. The third-order valence-electron chi connectivity index (χ3n) is 4.33. The number of nitrogens with zero attached hydrogens (tertiary/aromatic N) is 4. The Balaban J connectivity index is 1.87. The highest BCUT2D eigenvalue weighted by atomic mass is 32.2. The average molecular weight is 357 g/mol. The summed E-state index contributed by atoms with van der Waals surface area (Å²) in [5.74, 6) is -0.137. The number of hydrogen-bond donors (Lipinski definition) is 0. The summed E-state index contributed by atoms with van der Waals surface area (Å²) in [7, 11) is 0. The van der Waals surface area contributed by atoms with Crippen LogP contribution in [0, 0.1) is 6.92 Å². The quantitative estimate of drug-likeness (QED) is 0.585. The summed E-state index contributed by atoms with van der Waals surface area (Å²) in [6.07, 6.45) is 7.52. The number of carboxylic acid groups (broad SMARTS) is 1. The maximum atomic E-state index is 10.8. The standard InChI is InChI=1S/C18H22N4O2S/c1-13-7-9-14(10-8-13)11-19-22-17(15-5-3-2-4-6-15)20-21-18(22)25-12-16(23)24/h7-11,15H,2-6,12H2,1H3,(H,23,24)/p-1/b19-11-. The van der Waals surface area contributed by atoms with E-state index in [1.165, 1.54) is 24.8 Å². The molecule has 0 atom stereocenters. The van der Waals surface area contributed by atoms with Gasteiger partial charge in [-0.3, -0.25) is 0 Å². The highest BCUT2D eigenvalue weighted by Crippen LogP contribution is 2.33. The summed E-state index contributed by atoms with van der Waals surface area (Å²) < 4.78 is 1.70. The number of rotatable bonds is 6. The summed E-state index contributed by atoms with van der Waals surface area (Å²) in [4.78, 5) is 10.8. The number of benzene rings is 1. The van der Waals surface area contributed by atoms with Crippen LogP contribution < -0.4 is 5.11 Å². The zero-order valence-electron chi connectivity index (χ0n) is 14.2. The molecule has 3 rings (SSSR count). The molecular weight excluding hydrogens is 336 g/mol. The van der Waals surface area contributed by atoms with Crippen molar-refractivity contribution in [3.8, 4) is 0 Å². The molecule has 132 valence electrons. The Morgan fingerprint density at radius 3 is 2.68 bits per heavy atom. The molecule has 0 unspecified atom stereocenters. The fourth-order valence-electron chi connectivity index (χ4n) is 2.99. The molecule has 0 aliphatic heterocycles. The van der Waals surface area contributed by atoms with Gasteiger partial charge >= 0.3 is 0 Å². The molecule has 1 fully saturated rings. The molecule has 1 saturated carbocycles. The van der Waals surface area contributed by atoms with E-state index in [9.17, 15) is 9.90 Å². The predicted molar refractivity (Wildman–Crippen MR) is 95.8 cm³/mol. The van der Waals surface area contributed by atoms with Crippen LogP contribution in [0.25, 0.3) is 0 Å². The highest BCUT2D eigenvalue weighted by Gasteiger charge is 2.23. The molecule has 0 amide bonds. The Labute approximate surface area is 151 Å². The van der Waals surface area contributed by atoms with E-state index in [0.29, 0.717) is 11.1 Å². The van der Waals surface area contributed by atoms with Crippen LogP contribution >= 0.6 is 11.8 Å². The van der Waals surface area contributed by atoms with Gasteiger partial charge in [-0.1, -0.05) is 60.9 Å². The minimum absolute atomic E-state index is 0.164. The lowest BCUT2D eigenvalue weighted by atomic mass is 9.89. The lowest BCUT2D eigenvalue weighted by Gasteiger charge is -2.20. The Hall–Kier alpha value is -2.15.